The molecule has 116 valence electrons. The predicted molar refractivity (Wildman–Crippen MR) is 73.7 cm³/mol. The van der Waals surface area contributed by atoms with Crippen molar-refractivity contribution in [3.05, 3.63) is 29.6 Å². The van der Waals surface area contributed by atoms with E-state index in [1.165, 1.54) is 16.4 Å². The highest BCUT2D eigenvalue weighted by Crippen LogP contribution is 2.27. The monoisotopic (exact) mass is 316 g/mol. The van der Waals surface area contributed by atoms with E-state index in [2.05, 4.69) is 4.74 Å². The number of nitrogens with zero attached hydrogens (tertiary/aromatic N) is 1. The first-order chi connectivity index (χ1) is 9.91. The number of halogens is 1. The zero-order chi connectivity index (χ0) is 15.6. The van der Waals surface area contributed by atoms with Crippen molar-refractivity contribution in [1.82, 2.24) is 4.31 Å². The Bertz CT molecular complexity index is 648. The summed E-state index contributed by atoms with van der Waals surface area (Å²) in [6, 6.07) is 3.49. The highest BCUT2D eigenvalue weighted by Gasteiger charge is 2.35. The van der Waals surface area contributed by atoms with Gasteiger partial charge in [-0.25, -0.2) is 17.6 Å². The molecule has 1 saturated heterocycles. The molecule has 2 rings (SSSR count). The second-order valence-electron chi connectivity index (χ2n) is 4.86. The number of benzene rings is 1. The lowest BCUT2D eigenvalue weighted by atomic mass is 10.1. The summed E-state index contributed by atoms with van der Waals surface area (Å²) in [4.78, 5) is 11.3. The number of carbonyl (C=O) groups is 1. The maximum Gasteiger partial charge on any atom is 0.342 e. The average Bonchev–Trinajstić information content (AvgIpc) is 2.96. The van der Waals surface area contributed by atoms with Gasteiger partial charge in [0.15, 0.2) is 0 Å². The van der Waals surface area contributed by atoms with Gasteiger partial charge < -0.3 is 10.5 Å². The summed E-state index contributed by atoms with van der Waals surface area (Å²) < 4.78 is 44.7. The van der Waals surface area contributed by atoms with Crippen molar-refractivity contribution in [2.75, 3.05) is 26.7 Å². The molecule has 0 radical (unpaired) electrons. The molecule has 1 fully saturated rings. The number of carbonyl (C=O) groups excluding carboxylic acids is 1. The topological polar surface area (TPSA) is 89.7 Å². The molecular formula is C13H17FN2O4S. The van der Waals surface area contributed by atoms with Crippen LogP contribution in [0.3, 0.4) is 0 Å². The Morgan fingerprint density at radius 2 is 2.24 bits per heavy atom. The minimum atomic E-state index is -3.95. The normalized spacial score (nSPS) is 19.7. The van der Waals surface area contributed by atoms with Crippen LogP contribution in [0.1, 0.15) is 16.8 Å². The molecule has 21 heavy (non-hydrogen) atoms. The number of sulfonamides is 1. The second-order valence-corrected chi connectivity index (χ2v) is 6.76. The quantitative estimate of drug-likeness (QED) is 0.821. The molecule has 1 aromatic rings. The molecule has 1 atom stereocenters. The van der Waals surface area contributed by atoms with Crippen LogP contribution in [-0.4, -0.2) is 45.4 Å². The Morgan fingerprint density at radius 3 is 2.81 bits per heavy atom. The Balaban J connectivity index is 2.46. The number of rotatable bonds is 4. The molecule has 1 unspecified atom stereocenters. The van der Waals surface area contributed by atoms with Gasteiger partial charge in [-0.1, -0.05) is 6.07 Å². The third-order valence-electron chi connectivity index (χ3n) is 3.56. The second kappa shape index (κ2) is 6.08. The Labute approximate surface area is 122 Å². The molecule has 0 saturated carbocycles. The van der Waals surface area contributed by atoms with Gasteiger partial charge in [0, 0.05) is 13.1 Å². The fourth-order valence-electron chi connectivity index (χ4n) is 2.37. The minimum Gasteiger partial charge on any atom is -0.465 e. The van der Waals surface area contributed by atoms with Gasteiger partial charge in [0.05, 0.1) is 12.0 Å². The first-order valence-corrected chi connectivity index (χ1v) is 7.93. The summed E-state index contributed by atoms with van der Waals surface area (Å²) in [7, 11) is -2.88. The Kier molecular flexibility index (Phi) is 4.60. The summed E-state index contributed by atoms with van der Waals surface area (Å²) in [6.45, 7) is 0.969. The van der Waals surface area contributed by atoms with E-state index in [0.29, 0.717) is 19.5 Å². The number of hydrogen-bond donors (Lipinski definition) is 1. The van der Waals surface area contributed by atoms with Gasteiger partial charge in [-0.05, 0) is 31.0 Å². The number of methoxy groups -OCH3 is 1. The smallest absolute Gasteiger partial charge is 0.342 e. The fraction of sp³-hybridized carbons (Fsp3) is 0.462. The van der Waals surface area contributed by atoms with E-state index in [9.17, 15) is 17.6 Å². The largest absolute Gasteiger partial charge is 0.465 e. The average molecular weight is 316 g/mol. The first kappa shape index (κ1) is 15.9. The van der Waals surface area contributed by atoms with Crippen molar-refractivity contribution in [2.24, 2.45) is 11.7 Å². The van der Waals surface area contributed by atoms with E-state index in [1.807, 2.05) is 0 Å². The van der Waals surface area contributed by atoms with E-state index in [1.54, 1.807) is 0 Å². The minimum absolute atomic E-state index is 0.0786. The van der Waals surface area contributed by atoms with Crippen LogP contribution in [0.25, 0.3) is 0 Å². The lowest BCUT2D eigenvalue weighted by molar-refractivity contribution is 0.0590. The molecule has 1 aliphatic heterocycles. The molecule has 1 heterocycles. The van der Waals surface area contributed by atoms with Crippen LogP contribution in [0.15, 0.2) is 23.1 Å². The molecule has 1 aromatic carbocycles. The zero-order valence-corrected chi connectivity index (χ0v) is 12.4. The molecule has 0 amide bonds. The molecule has 0 spiro atoms. The fourth-order valence-corrected chi connectivity index (χ4v) is 4.09. The summed E-state index contributed by atoms with van der Waals surface area (Å²) in [5.41, 5.74) is 4.99. The highest BCUT2D eigenvalue weighted by molar-refractivity contribution is 7.89. The standard InChI is InChI=1S/C13H17FN2O4S/c1-20-13(17)12-10(14)3-2-4-11(12)21(18,19)16-6-5-9(7-15)8-16/h2-4,9H,5-8,15H2,1H3. The Morgan fingerprint density at radius 1 is 1.52 bits per heavy atom. The highest BCUT2D eigenvalue weighted by atomic mass is 32.2. The molecule has 0 bridgehead atoms. The summed E-state index contributed by atoms with van der Waals surface area (Å²) >= 11 is 0. The van der Waals surface area contributed by atoms with Crippen LogP contribution < -0.4 is 5.73 Å². The van der Waals surface area contributed by atoms with Gasteiger partial charge in [0.25, 0.3) is 0 Å². The molecule has 6 nitrogen and oxygen atoms in total. The van der Waals surface area contributed by atoms with Gasteiger partial charge in [-0.2, -0.15) is 4.31 Å². The van der Waals surface area contributed by atoms with Crippen LogP contribution >= 0.6 is 0 Å². The van der Waals surface area contributed by atoms with Gasteiger partial charge >= 0.3 is 5.97 Å². The van der Waals surface area contributed by atoms with Crippen LogP contribution in [0.4, 0.5) is 4.39 Å². The van der Waals surface area contributed by atoms with Crippen LogP contribution in [0.5, 0.6) is 0 Å². The van der Waals surface area contributed by atoms with Crippen molar-refractivity contribution in [1.29, 1.82) is 0 Å². The van der Waals surface area contributed by atoms with Crippen molar-refractivity contribution in [2.45, 2.75) is 11.3 Å². The van der Waals surface area contributed by atoms with Gasteiger partial charge in [-0.3, -0.25) is 0 Å². The summed E-state index contributed by atoms with van der Waals surface area (Å²) in [5, 5.41) is 0. The molecule has 2 N–H and O–H groups in total. The molecular weight excluding hydrogens is 299 g/mol. The van der Waals surface area contributed by atoms with Gasteiger partial charge in [0.1, 0.15) is 11.4 Å². The van der Waals surface area contributed by atoms with E-state index in [4.69, 9.17) is 5.73 Å². The maximum atomic E-state index is 13.8. The van der Waals surface area contributed by atoms with Crippen molar-refractivity contribution >= 4 is 16.0 Å². The number of nitrogens with two attached hydrogens (primary N) is 1. The van der Waals surface area contributed by atoms with E-state index in [0.717, 1.165) is 13.2 Å². The van der Waals surface area contributed by atoms with Crippen LogP contribution in [0.2, 0.25) is 0 Å². The van der Waals surface area contributed by atoms with Gasteiger partial charge in [0.2, 0.25) is 10.0 Å². The lowest BCUT2D eigenvalue weighted by Gasteiger charge is -2.18. The van der Waals surface area contributed by atoms with E-state index in [-0.39, 0.29) is 17.4 Å². The summed E-state index contributed by atoms with van der Waals surface area (Å²) in [5.74, 6) is -1.85. The third-order valence-corrected chi connectivity index (χ3v) is 5.47. The van der Waals surface area contributed by atoms with E-state index >= 15 is 0 Å². The predicted octanol–water partition coefficient (Wildman–Crippen LogP) is 0.582. The van der Waals surface area contributed by atoms with Crippen LogP contribution in [0, 0.1) is 11.7 Å². The lowest BCUT2D eigenvalue weighted by Crippen LogP contribution is -2.31. The van der Waals surface area contributed by atoms with Crippen molar-refractivity contribution < 1.29 is 22.3 Å². The van der Waals surface area contributed by atoms with E-state index < -0.39 is 27.4 Å². The Hall–Kier alpha value is -1.51. The third kappa shape index (κ3) is 2.92. The maximum absolute atomic E-state index is 13.8. The number of hydrogen-bond acceptors (Lipinski definition) is 5. The zero-order valence-electron chi connectivity index (χ0n) is 11.6. The number of ether oxygens (including phenoxy) is 1. The molecule has 0 aromatic heterocycles. The van der Waals surface area contributed by atoms with Crippen molar-refractivity contribution in [3.8, 4) is 0 Å². The number of esters is 1. The summed E-state index contributed by atoms with van der Waals surface area (Å²) in [6.07, 6.45) is 0.651. The molecule has 1 aliphatic rings. The van der Waals surface area contributed by atoms with Gasteiger partial charge in [-0.15, -0.1) is 0 Å². The first-order valence-electron chi connectivity index (χ1n) is 6.48. The molecule has 8 heteroatoms. The van der Waals surface area contributed by atoms with Crippen LogP contribution in [-0.2, 0) is 14.8 Å². The van der Waals surface area contributed by atoms with Crippen molar-refractivity contribution in [3.63, 3.8) is 0 Å². The molecule has 0 aliphatic carbocycles. The SMILES string of the molecule is COC(=O)c1c(F)cccc1S(=O)(=O)N1CCC(CN)C1.